The topological polar surface area (TPSA) is 99.5 Å². The van der Waals surface area contributed by atoms with E-state index < -0.39 is 23.5 Å². The minimum Gasteiger partial charge on any atom is -0.507 e. The van der Waals surface area contributed by atoms with Crippen LogP contribution in [-0.4, -0.2) is 78.2 Å². The fourth-order valence-electron chi connectivity index (χ4n) is 4.79. The summed E-state index contributed by atoms with van der Waals surface area (Å²) in [5.41, 5.74) is 1.92. The van der Waals surface area contributed by atoms with Gasteiger partial charge in [0.1, 0.15) is 17.3 Å². The fraction of sp³-hybridized carbons (Fsp3) is 0.429. The summed E-state index contributed by atoms with van der Waals surface area (Å²) < 4.78 is 10.5. The molecule has 2 aromatic carbocycles. The molecule has 4 rings (SSSR count). The Morgan fingerprint density at radius 1 is 1.08 bits per heavy atom. The lowest BCUT2D eigenvalue weighted by molar-refractivity contribution is -0.140. The number of Topliss-reactive ketones (excluding diaryl/α,β-unsaturated/α-hetero) is 1. The first-order valence-corrected chi connectivity index (χ1v) is 12.4. The number of carbonyl (C=O) groups is 2. The quantitative estimate of drug-likeness (QED) is 0.328. The highest BCUT2D eigenvalue weighted by Crippen LogP contribution is 2.41. The Labute approximate surface area is 211 Å². The minimum atomic E-state index is -0.757. The zero-order valence-electron chi connectivity index (χ0n) is 21.1. The number of phenols is 1. The van der Waals surface area contributed by atoms with Crippen molar-refractivity contribution in [3.05, 3.63) is 64.7 Å². The highest BCUT2D eigenvalue weighted by atomic mass is 16.5. The zero-order chi connectivity index (χ0) is 25.8. The monoisotopic (exact) mass is 494 g/mol. The number of phenolic OH excluding ortho intramolecular Hbond substituents is 1. The van der Waals surface area contributed by atoms with Gasteiger partial charge in [0.15, 0.2) is 0 Å². The number of carbonyl (C=O) groups excluding carboxylic acids is 2. The van der Waals surface area contributed by atoms with E-state index in [0.29, 0.717) is 37.8 Å². The van der Waals surface area contributed by atoms with Crippen LogP contribution >= 0.6 is 0 Å². The summed E-state index contributed by atoms with van der Waals surface area (Å²) in [5, 5.41) is 21.7. The molecule has 0 aromatic heterocycles. The molecule has 2 aromatic rings. The van der Waals surface area contributed by atoms with Gasteiger partial charge in [-0.1, -0.05) is 38.1 Å². The summed E-state index contributed by atoms with van der Waals surface area (Å²) in [7, 11) is 1.47. The maximum absolute atomic E-state index is 13.2. The van der Waals surface area contributed by atoms with Crippen LogP contribution in [0.15, 0.2) is 48.0 Å². The number of likely N-dealkylation sites (tertiary alicyclic amines) is 1. The third-order valence-corrected chi connectivity index (χ3v) is 6.90. The molecule has 1 atom stereocenters. The molecule has 8 nitrogen and oxygen atoms in total. The Morgan fingerprint density at radius 3 is 2.39 bits per heavy atom. The molecule has 2 saturated heterocycles. The average molecular weight is 495 g/mol. The smallest absolute Gasteiger partial charge is 0.295 e. The standard InChI is InChI=1S/C28H34N2O6/c1-18(2)19-5-7-20(8-6-19)25-24(26(32)22-10-9-21(35-3)17-23(22)31)27(33)28(34)30(25)12-4-11-29-13-15-36-16-14-29/h5-10,17-18,25,31-32H,4,11-16H2,1-3H3. The van der Waals surface area contributed by atoms with E-state index >= 15 is 0 Å². The number of amides is 1. The summed E-state index contributed by atoms with van der Waals surface area (Å²) in [4.78, 5) is 30.3. The van der Waals surface area contributed by atoms with Gasteiger partial charge < -0.3 is 24.6 Å². The molecule has 2 heterocycles. The number of aromatic hydroxyl groups is 1. The van der Waals surface area contributed by atoms with Crippen molar-refractivity contribution in [3.63, 3.8) is 0 Å². The van der Waals surface area contributed by atoms with Gasteiger partial charge in [0.2, 0.25) is 0 Å². The molecule has 2 aliphatic rings. The number of rotatable bonds is 8. The molecule has 0 saturated carbocycles. The Kier molecular flexibility index (Phi) is 7.96. The molecular weight excluding hydrogens is 460 g/mol. The Morgan fingerprint density at radius 2 is 1.78 bits per heavy atom. The van der Waals surface area contributed by atoms with Crippen molar-refractivity contribution in [1.82, 2.24) is 9.80 Å². The lowest BCUT2D eigenvalue weighted by atomic mass is 9.93. The molecule has 8 heteroatoms. The van der Waals surface area contributed by atoms with E-state index in [1.807, 2.05) is 24.3 Å². The zero-order valence-corrected chi connectivity index (χ0v) is 21.1. The summed E-state index contributed by atoms with van der Waals surface area (Å²) >= 11 is 0. The van der Waals surface area contributed by atoms with Gasteiger partial charge in [0.25, 0.3) is 11.7 Å². The van der Waals surface area contributed by atoms with Crippen LogP contribution in [0, 0.1) is 0 Å². The van der Waals surface area contributed by atoms with E-state index in [1.165, 1.54) is 19.2 Å². The second-order valence-electron chi connectivity index (χ2n) is 9.50. The van der Waals surface area contributed by atoms with Crippen molar-refractivity contribution < 1.29 is 29.3 Å². The van der Waals surface area contributed by atoms with Crippen molar-refractivity contribution in [2.75, 3.05) is 46.5 Å². The van der Waals surface area contributed by atoms with Crippen molar-refractivity contribution in [1.29, 1.82) is 0 Å². The van der Waals surface area contributed by atoms with E-state index in [4.69, 9.17) is 9.47 Å². The second-order valence-corrected chi connectivity index (χ2v) is 9.50. The van der Waals surface area contributed by atoms with Gasteiger partial charge in [-0.15, -0.1) is 0 Å². The first-order valence-electron chi connectivity index (χ1n) is 12.4. The summed E-state index contributed by atoms with van der Waals surface area (Å²) in [6.07, 6.45) is 0.682. The fourth-order valence-corrected chi connectivity index (χ4v) is 4.79. The molecule has 1 unspecified atom stereocenters. The number of ketones is 1. The maximum atomic E-state index is 13.2. The van der Waals surface area contributed by atoms with Crippen molar-refractivity contribution in [2.24, 2.45) is 0 Å². The van der Waals surface area contributed by atoms with Crippen LogP contribution in [-0.2, 0) is 14.3 Å². The van der Waals surface area contributed by atoms with Crippen LogP contribution in [0.1, 0.15) is 48.9 Å². The third-order valence-electron chi connectivity index (χ3n) is 6.90. The molecule has 1 amide bonds. The molecular formula is C28H34N2O6. The third kappa shape index (κ3) is 5.24. The van der Waals surface area contributed by atoms with Crippen LogP contribution in [0.25, 0.3) is 5.76 Å². The Hall–Kier alpha value is -3.36. The molecule has 0 bridgehead atoms. The first kappa shape index (κ1) is 25.7. The predicted molar refractivity (Wildman–Crippen MR) is 136 cm³/mol. The summed E-state index contributed by atoms with van der Waals surface area (Å²) in [6, 6.07) is 11.5. The van der Waals surface area contributed by atoms with Crippen molar-refractivity contribution in [3.8, 4) is 11.5 Å². The number of hydrogen-bond donors (Lipinski definition) is 2. The van der Waals surface area contributed by atoms with E-state index in [2.05, 4.69) is 18.7 Å². The number of hydrogen-bond acceptors (Lipinski definition) is 7. The van der Waals surface area contributed by atoms with E-state index in [1.54, 1.807) is 11.0 Å². The molecule has 0 spiro atoms. The number of ether oxygens (including phenoxy) is 2. The molecule has 2 aliphatic heterocycles. The van der Waals surface area contributed by atoms with Crippen molar-refractivity contribution >= 4 is 17.4 Å². The van der Waals surface area contributed by atoms with Crippen LogP contribution in [0.3, 0.4) is 0 Å². The van der Waals surface area contributed by atoms with E-state index in [0.717, 1.165) is 30.8 Å². The number of morpholine rings is 1. The highest BCUT2D eigenvalue weighted by Gasteiger charge is 2.46. The minimum absolute atomic E-state index is 0.0239. The highest BCUT2D eigenvalue weighted by molar-refractivity contribution is 6.46. The molecule has 2 N–H and O–H groups in total. The number of nitrogens with zero attached hydrogens (tertiary/aromatic N) is 2. The van der Waals surface area contributed by atoms with Crippen LogP contribution in [0.5, 0.6) is 11.5 Å². The van der Waals surface area contributed by atoms with E-state index in [-0.39, 0.29) is 16.9 Å². The molecule has 192 valence electrons. The molecule has 0 aliphatic carbocycles. The van der Waals surface area contributed by atoms with Gasteiger partial charge in [-0.05, 0) is 35.6 Å². The normalized spacial score (nSPS) is 20.3. The summed E-state index contributed by atoms with van der Waals surface area (Å²) in [5.74, 6) is -1.30. The van der Waals surface area contributed by atoms with Crippen LogP contribution in [0.4, 0.5) is 0 Å². The maximum Gasteiger partial charge on any atom is 0.295 e. The number of methoxy groups -OCH3 is 1. The average Bonchev–Trinajstić information content (AvgIpc) is 3.14. The first-order chi connectivity index (χ1) is 17.3. The molecule has 36 heavy (non-hydrogen) atoms. The predicted octanol–water partition coefficient (Wildman–Crippen LogP) is 3.67. The Bertz CT molecular complexity index is 1140. The lowest BCUT2D eigenvalue weighted by Gasteiger charge is -2.29. The summed E-state index contributed by atoms with van der Waals surface area (Å²) in [6.45, 7) is 8.41. The number of aliphatic hydroxyl groups excluding tert-OH is 1. The number of aliphatic hydroxyl groups is 1. The van der Waals surface area contributed by atoms with Gasteiger partial charge in [0.05, 0.1) is 37.5 Å². The largest absolute Gasteiger partial charge is 0.507 e. The SMILES string of the molecule is COc1ccc(C(O)=C2C(=O)C(=O)N(CCCN3CCOCC3)C2c2ccc(C(C)C)cc2)c(O)c1. The van der Waals surface area contributed by atoms with Crippen LogP contribution < -0.4 is 4.74 Å². The van der Waals surface area contributed by atoms with E-state index in [9.17, 15) is 19.8 Å². The van der Waals surface area contributed by atoms with Gasteiger partial charge in [-0.2, -0.15) is 0 Å². The van der Waals surface area contributed by atoms with Gasteiger partial charge in [-0.25, -0.2) is 0 Å². The lowest BCUT2D eigenvalue weighted by Crippen LogP contribution is -2.38. The number of benzene rings is 2. The Balaban J connectivity index is 1.70. The van der Waals surface area contributed by atoms with Crippen molar-refractivity contribution in [2.45, 2.75) is 32.2 Å². The van der Waals surface area contributed by atoms with Gasteiger partial charge in [0, 0.05) is 32.2 Å². The molecule has 2 fully saturated rings. The molecule has 0 radical (unpaired) electrons. The van der Waals surface area contributed by atoms with Crippen LogP contribution in [0.2, 0.25) is 0 Å². The van der Waals surface area contributed by atoms with Gasteiger partial charge in [-0.3, -0.25) is 14.5 Å². The second kappa shape index (κ2) is 11.1. The van der Waals surface area contributed by atoms with Gasteiger partial charge >= 0.3 is 0 Å².